The fraction of sp³-hybridized carbons (Fsp3) is 0.409. The molecule has 0 saturated heterocycles. The van der Waals surface area contributed by atoms with Crippen molar-refractivity contribution in [2.45, 2.75) is 44.7 Å². The standard InChI is InChI=1S/C22H24N4O2/c27-22(20-13-24-26-12-2-11-23-21(20)26)25(18-7-8-18)14-16-5-9-19(10-6-16)28-15-17-3-1-4-17/h2,5-6,9-13,17-18H,1,3-4,7-8,14-15H2. The number of carbonyl (C=O) groups is 1. The van der Waals surface area contributed by atoms with Crippen molar-refractivity contribution in [1.29, 1.82) is 0 Å². The van der Waals surface area contributed by atoms with Gasteiger partial charge in [-0.1, -0.05) is 18.6 Å². The van der Waals surface area contributed by atoms with Crippen LogP contribution in [0.1, 0.15) is 48.0 Å². The minimum absolute atomic E-state index is 0.00140. The number of hydrogen-bond donors (Lipinski definition) is 0. The number of rotatable bonds is 7. The SMILES string of the molecule is O=C(c1cnn2cccnc12)N(Cc1ccc(OCC2CCC2)cc1)C1CC1. The molecule has 28 heavy (non-hydrogen) atoms. The highest BCUT2D eigenvalue weighted by atomic mass is 16.5. The maximum absolute atomic E-state index is 13.2. The molecule has 5 rings (SSSR count). The van der Waals surface area contributed by atoms with E-state index in [1.807, 2.05) is 29.3 Å². The molecule has 0 radical (unpaired) electrons. The third-order valence-corrected chi connectivity index (χ3v) is 5.74. The van der Waals surface area contributed by atoms with Crippen LogP contribution in [0, 0.1) is 5.92 Å². The van der Waals surface area contributed by atoms with Crippen LogP contribution in [0.3, 0.4) is 0 Å². The smallest absolute Gasteiger partial charge is 0.259 e. The summed E-state index contributed by atoms with van der Waals surface area (Å²) in [7, 11) is 0. The van der Waals surface area contributed by atoms with Crippen LogP contribution in [0.4, 0.5) is 0 Å². The Balaban J connectivity index is 1.29. The summed E-state index contributed by atoms with van der Waals surface area (Å²) in [6.45, 7) is 1.41. The summed E-state index contributed by atoms with van der Waals surface area (Å²) in [5.41, 5.74) is 2.28. The van der Waals surface area contributed by atoms with Gasteiger partial charge in [0.25, 0.3) is 5.91 Å². The molecule has 2 fully saturated rings. The van der Waals surface area contributed by atoms with Crippen LogP contribution < -0.4 is 4.74 Å². The third kappa shape index (κ3) is 3.46. The van der Waals surface area contributed by atoms with Gasteiger partial charge in [-0.25, -0.2) is 9.50 Å². The number of benzene rings is 1. The lowest BCUT2D eigenvalue weighted by Gasteiger charge is -2.25. The zero-order chi connectivity index (χ0) is 18.9. The predicted molar refractivity (Wildman–Crippen MR) is 105 cm³/mol. The molecule has 6 nitrogen and oxygen atoms in total. The van der Waals surface area contributed by atoms with Gasteiger partial charge < -0.3 is 9.64 Å². The monoisotopic (exact) mass is 376 g/mol. The zero-order valence-electron chi connectivity index (χ0n) is 15.8. The highest BCUT2D eigenvalue weighted by Crippen LogP contribution is 2.31. The number of hydrogen-bond acceptors (Lipinski definition) is 4. The summed E-state index contributed by atoms with van der Waals surface area (Å²) in [5.74, 6) is 1.63. The van der Waals surface area contributed by atoms with E-state index < -0.39 is 0 Å². The number of nitrogens with zero attached hydrogens (tertiary/aromatic N) is 4. The Bertz CT molecular complexity index is 974. The lowest BCUT2D eigenvalue weighted by atomic mass is 9.86. The number of amides is 1. The first-order valence-electron chi connectivity index (χ1n) is 10.1. The molecule has 2 aliphatic rings. The van der Waals surface area contributed by atoms with Crippen molar-refractivity contribution in [1.82, 2.24) is 19.5 Å². The molecule has 6 heteroatoms. The maximum Gasteiger partial charge on any atom is 0.259 e. The van der Waals surface area contributed by atoms with Crippen LogP contribution in [0.5, 0.6) is 5.75 Å². The van der Waals surface area contributed by atoms with Crippen molar-refractivity contribution in [3.05, 3.63) is 60.0 Å². The summed E-state index contributed by atoms with van der Waals surface area (Å²) in [6.07, 6.45) is 11.1. The average molecular weight is 376 g/mol. The lowest BCUT2D eigenvalue weighted by Crippen LogP contribution is -2.32. The topological polar surface area (TPSA) is 59.7 Å². The molecule has 0 aliphatic heterocycles. The fourth-order valence-electron chi connectivity index (χ4n) is 3.65. The molecule has 0 bridgehead atoms. The van der Waals surface area contributed by atoms with Crippen molar-refractivity contribution in [2.75, 3.05) is 6.61 Å². The molecule has 0 N–H and O–H groups in total. The Morgan fingerprint density at radius 3 is 2.71 bits per heavy atom. The number of fused-ring (bicyclic) bond motifs is 1. The highest BCUT2D eigenvalue weighted by Gasteiger charge is 2.34. The second kappa shape index (κ2) is 7.26. The van der Waals surface area contributed by atoms with E-state index in [0.29, 0.717) is 23.8 Å². The van der Waals surface area contributed by atoms with Crippen molar-refractivity contribution >= 4 is 11.6 Å². The summed E-state index contributed by atoms with van der Waals surface area (Å²) in [5, 5.41) is 4.26. The molecular weight excluding hydrogens is 352 g/mol. The van der Waals surface area contributed by atoms with E-state index in [1.54, 1.807) is 16.9 Å². The summed E-state index contributed by atoms with van der Waals surface area (Å²) in [6, 6.07) is 10.3. The van der Waals surface area contributed by atoms with Gasteiger partial charge in [-0.05, 0) is 55.4 Å². The van der Waals surface area contributed by atoms with Crippen molar-refractivity contribution in [3.8, 4) is 5.75 Å². The predicted octanol–water partition coefficient (Wildman–Crippen LogP) is 3.71. The van der Waals surface area contributed by atoms with E-state index >= 15 is 0 Å². The first kappa shape index (κ1) is 17.2. The minimum Gasteiger partial charge on any atom is -0.493 e. The molecule has 2 aliphatic carbocycles. The summed E-state index contributed by atoms with van der Waals surface area (Å²) >= 11 is 0. The largest absolute Gasteiger partial charge is 0.493 e. The lowest BCUT2D eigenvalue weighted by molar-refractivity contribution is 0.0731. The Morgan fingerprint density at radius 1 is 1.18 bits per heavy atom. The number of carbonyl (C=O) groups excluding carboxylic acids is 1. The number of aromatic nitrogens is 3. The highest BCUT2D eigenvalue weighted by molar-refractivity contribution is 5.99. The Kier molecular flexibility index (Phi) is 4.47. The molecule has 0 spiro atoms. The molecule has 2 aromatic heterocycles. The van der Waals surface area contributed by atoms with Crippen molar-refractivity contribution in [3.63, 3.8) is 0 Å². The van der Waals surface area contributed by atoms with E-state index in [4.69, 9.17) is 4.74 Å². The molecule has 1 amide bonds. The van der Waals surface area contributed by atoms with E-state index in [0.717, 1.165) is 36.7 Å². The second-order valence-electron chi connectivity index (χ2n) is 7.86. The summed E-state index contributed by atoms with van der Waals surface area (Å²) < 4.78 is 7.53. The molecular formula is C22H24N4O2. The van der Waals surface area contributed by atoms with Gasteiger partial charge in [0.1, 0.15) is 11.3 Å². The van der Waals surface area contributed by atoms with Crippen LogP contribution >= 0.6 is 0 Å². The summed E-state index contributed by atoms with van der Waals surface area (Å²) in [4.78, 5) is 19.5. The molecule has 3 aromatic rings. The van der Waals surface area contributed by atoms with Gasteiger partial charge in [0.15, 0.2) is 5.65 Å². The van der Waals surface area contributed by atoms with Crippen molar-refractivity contribution in [2.24, 2.45) is 5.92 Å². The van der Waals surface area contributed by atoms with Crippen LogP contribution in [0.15, 0.2) is 48.9 Å². The maximum atomic E-state index is 13.2. The minimum atomic E-state index is 0.00140. The quantitative estimate of drug-likeness (QED) is 0.631. The van der Waals surface area contributed by atoms with Gasteiger partial charge in [-0.2, -0.15) is 5.10 Å². The first-order valence-corrected chi connectivity index (χ1v) is 10.1. The van der Waals surface area contributed by atoms with Crippen LogP contribution in [0.2, 0.25) is 0 Å². The number of ether oxygens (including phenoxy) is 1. The second-order valence-corrected chi connectivity index (χ2v) is 7.86. The van der Waals surface area contributed by atoms with Crippen LogP contribution in [-0.2, 0) is 6.54 Å². The Morgan fingerprint density at radius 2 is 2.00 bits per heavy atom. The van der Waals surface area contributed by atoms with Crippen molar-refractivity contribution < 1.29 is 9.53 Å². The molecule has 0 atom stereocenters. The van der Waals surface area contributed by atoms with Crippen LogP contribution in [-0.4, -0.2) is 38.1 Å². The van der Waals surface area contributed by atoms with Gasteiger partial charge >= 0.3 is 0 Å². The molecule has 1 aromatic carbocycles. The first-order chi connectivity index (χ1) is 13.8. The van der Waals surface area contributed by atoms with E-state index in [2.05, 4.69) is 22.2 Å². The zero-order valence-corrected chi connectivity index (χ0v) is 15.8. The van der Waals surface area contributed by atoms with Gasteiger partial charge in [-0.3, -0.25) is 4.79 Å². The Labute approximate surface area is 164 Å². The molecule has 144 valence electrons. The molecule has 2 saturated carbocycles. The van der Waals surface area contributed by atoms with E-state index in [1.165, 1.54) is 19.3 Å². The Hall–Kier alpha value is -2.89. The normalized spacial score (nSPS) is 16.7. The van der Waals surface area contributed by atoms with Gasteiger partial charge in [0.05, 0.1) is 12.8 Å². The average Bonchev–Trinajstić information content (AvgIpc) is 3.44. The molecule has 0 unspecified atom stereocenters. The van der Waals surface area contributed by atoms with Gasteiger partial charge in [-0.15, -0.1) is 0 Å². The molecule has 2 heterocycles. The van der Waals surface area contributed by atoms with Gasteiger partial charge in [0.2, 0.25) is 0 Å². The third-order valence-electron chi connectivity index (χ3n) is 5.74. The fourth-order valence-corrected chi connectivity index (χ4v) is 3.65. The van der Waals surface area contributed by atoms with Crippen LogP contribution in [0.25, 0.3) is 5.65 Å². The van der Waals surface area contributed by atoms with Gasteiger partial charge in [0, 0.05) is 25.0 Å². The van der Waals surface area contributed by atoms with E-state index in [-0.39, 0.29) is 5.91 Å². The van der Waals surface area contributed by atoms with E-state index in [9.17, 15) is 4.79 Å².